The van der Waals surface area contributed by atoms with Gasteiger partial charge in [0.05, 0.1) is 19.3 Å². The summed E-state index contributed by atoms with van der Waals surface area (Å²) in [5, 5.41) is 0. The molecule has 5 nitrogen and oxygen atoms in total. The highest BCUT2D eigenvalue weighted by Crippen LogP contribution is 2.22. The van der Waals surface area contributed by atoms with Gasteiger partial charge in [0, 0.05) is 37.2 Å². The van der Waals surface area contributed by atoms with Gasteiger partial charge in [-0.3, -0.25) is 9.89 Å². The molecule has 0 saturated carbocycles. The molecule has 0 radical (unpaired) electrons. The fraction of sp³-hybridized carbons (Fsp3) is 0.929. The van der Waals surface area contributed by atoms with Gasteiger partial charge < -0.3 is 15.4 Å². The summed E-state index contributed by atoms with van der Waals surface area (Å²) in [7, 11) is 0. The minimum atomic E-state index is 0.224. The van der Waals surface area contributed by atoms with E-state index in [2.05, 4.69) is 14.8 Å². The van der Waals surface area contributed by atoms with Crippen molar-refractivity contribution in [2.75, 3.05) is 50.8 Å². The molecule has 0 spiro atoms. The van der Waals surface area contributed by atoms with E-state index in [1.807, 2.05) is 11.8 Å². The molecule has 2 atom stereocenters. The zero-order valence-corrected chi connectivity index (χ0v) is 13.0. The van der Waals surface area contributed by atoms with Gasteiger partial charge >= 0.3 is 0 Å². The van der Waals surface area contributed by atoms with Crippen LogP contribution in [-0.4, -0.2) is 78.7 Å². The van der Waals surface area contributed by atoms with Crippen molar-refractivity contribution in [1.29, 1.82) is 0 Å². The van der Waals surface area contributed by atoms with Crippen molar-refractivity contribution in [3.63, 3.8) is 0 Å². The van der Waals surface area contributed by atoms with Crippen molar-refractivity contribution < 1.29 is 4.74 Å². The smallest absolute Gasteiger partial charge is 0.191 e. The molecule has 20 heavy (non-hydrogen) atoms. The van der Waals surface area contributed by atoms with E-state index >= 15 is 0 Å². The molecule has 0 amide bonds. The first-order valence-corrected chi connectivity index (χ1v) is 8.96. The summed E-state index contributed by atoms with van der Waals surface area (Å²) in [4.78, 5) is 9.35. The van der Waals surface area contributed by atoms with E-state index in [-0.39, 0.29) is 6.10 Å². The van der Waals surface area contributed by atoms with Crippen LogP contribution in [0.4, 0.5) is 0 Å². The third-order valence-corrected chi connectivity index (χ3v) is 5.45. The number of nitrogens with zero attached hydrogens (tertiary/aromatic N) is 3. The average Bonchev–Trinajstić information content (AvgIpc) is 2.53. The first-order chi connectivity index (χ1) is 9.83. The van der Waals surface area contributed by atoms with Crippen LogP contribution in [0, 0.1) is 0 Å². The summed E-state index contributed by atoms with van der Waals surface area (Å²) >= 11 is 1.99. The minimum absolute atomic E-state index is 0.224. The fourth-order valence-electron chi connectivity index (χ4n) is 3.25. The second kappa shape index (κ2) is 7.00. The van der Waals surface area contributed by atoms with Crippen molar-refractivity contribution >= 4 is 17.7 Å². The highest BCUT2D eigenvalue weighted by atomic mass is 32.2. The Balaban J connectivity index is 1.48. The summed E-state index contributed by atoms with van der Waals surface area (Å²) in [6.07, 6.45) is 4.21. The van der Waals surface area contributed by atoms with Crippen LogP contribution in [0.5, 0.6) is 0 Å². The Kier molecular flexibility index (Phi) is 5.07. The standard InChI is InChI=1S/C14H26N4OS/c15-14(17-5-7-20-8-6-17)16-9-13-10-18-4-2-1-3-12(18)11-19-13/h12-13H,1-11H2,(H2,15,16). The Morgan fingerprint density at radius 1 is 1.25 bits per heavy atom. The van der Waals surface area contributed by atoms with Crippen molar-refractivity contribution in [1.82, 2.24) is 9.80 Å². The van der Waals surface area contributed by atoms with Gasteiger partial charge in [-0.25, -0.2) is 0 Å². The summed E-state index contributed by atoms with van der Waals surface area (Å²) in [5.74, 6) is 3.02. The molecule has 2 unspecified atom stereocenters. The number of piperidine rings is 1. The molecule has 0 bridgehead atoms. The molecule has 2 N–H and O–H groups in total. The molecule has 0 aromatic carbocycles. The number of hydrogen-bond donors (Lipinski definition) is 1. The van der Waals surface area contributed by atoms with Gasteiger partial charge in [-0.1, -0.05) is 6.42 Å². The van der Waals surface area contributed by atoms with E-state index in [9.17, 15) is 0 Å². The lowest BCUT2D eigenvalue weighted by atomic mass is 10.0. The highest BCUT2D eigenvalue weighted by Gasteiger charge is 2.30. The van der Waals surface area contributed by atoms with Gasteiger partial charge in [0.25, 0.3) is 0 Å². The predicted octanol–water partition coefficient (Wildman–Crippen LogP) is 0.603. The molecule has 0 aromatic rings. The molecule has 0 aliphatic carbocycles. The average molecular weight is 298 g/mol. The van der Waals surface area contributed by atoms with Gasteiger partial charge in [0.2, 0.25) is 0 Å². The third-order valence-electron chi connectivity index (χ3n) is 4.50. The number of rotatable bonds is 2. The van der Waals surface area contributed by atoms with Crippen LogP contribution in [0.25, 0.3) is 0 Å². The molecule has 3 aliphatic heterocycles. The molecule has 6 heteroatoms. The second-order valence-corrected chi connectivity index (χ2v) is 7.12. The number of morpholine rings is 1. The van der Waals surface area contributed by atoms with Crippen LogP contribution in [0.15, 0.2) is 4.99 Å². The third kappa shape index (κ3) is 3.59. The maximum absolute atomic E-state index is 6.09. The summed E-state index contributed by atoms with van der Waals surface area (Å²) < 4.78 is 5.96. The normalized spacial score (nSPS) is 33.0. The lowest BCUT2D eigenvalue weighted by Gasteiger charge is -2.42. The largest absolute Gasteiger partial charge is 0.373 e. The zero-order valence-electron chi connectivity index (χ0n) is 12.2. The summed E-state index contributed by atoms with van der Waals surface area (Å²) in [5.41, 5.74) is 6.09. The van der Waals surface area contributed by atoms with E-state index in [1.54, 1.807) is 0 Å². The quantitative estimate of drug-likeness (QED) is 0.598. The van der Waals surface area contributed by atoms with Crippen LogP contribution < -0.4 is 5.73 Å². The lowest BCUT2D eigenvalue weighted by Crippen LogP contribution is -2.52. The molecular weight excluding hydrogens is 272 g/mol. The van der Waals surface area contributed by atoms with E-state index in [1.165, 1.54) is 25.8 Å². The van der Waals surface area contributed by atoms with Crippen LogP contribution in [-0.2, 0) is 4.74 Å². The molecule has 3 saturated heterocycles. The molecule has 0 aromatic heterocycles. The predicted molar refractivity (Wildman–Crippen MR) is 84.3 cm³/mol. The van der Waals surface area contributed by atoms with E-state index in [4.69, 9.17) is 10.5 Å². The van der Waals surface area contributed by atoms with Crippen molar-refractivity contribution in [2.45, 2.75) is 31.4 Å². The number of nitrogens with two attached hydrogens (primary N) is 1. The van der Waals surface area contributed by atoms with E-state index in [0.29, 0.717) is 18.5 Å². The fourth-order valence-corrected chi connectivity index (χ4v) is 4.15. The summed E-state index contributed by atoms with van der Waals surface area (Å²) in [6.45, 7) is 5.89. The zero-order chi connectivity index (χ0) is 13.8. The van der Waals surface area contributed by atoms with Crippen LogP contribution in [0.2, 0.25) is 0 Å². The summed E-state index contributed by atoms with van der Waals surface area (Å²) in [6, 6.07) is 0.653. The van der Waals surface area contributed by atoms with Gasteiger partial charge in [0.1, 0.15) is 0 Å². The van der Waals surface area contributed by atoms with Gasteiger partial charge in [-0.2, -0.15) is 11.8 Å². The maximum atomic E-state index is 6.09. The first-order valence-electron chi connectivity index (χ1n) is 7.81. The number of guanidine groups is 1. The number of fused-ring (bicyclic) bond motifs is 1. The Morgan fingerprint density at radius 3 is 2.95 bits per heavy atom. The van der Waals surface area contributed by atoms with Gasteiger partial charge in [0.15, 0.2) is 5.96 Å². The van der Waals surface area contributed by atoms with Crippen LogP contribution in [0.3, 0.4) is 0 Å². The van der Waals surface area contributed by atoms with Crippen molar-refractivity contribution in [3.8, 4) is 0 Å². The highest BCUT2D eigenvalue weighted by molar-refractivity contribution is 7.99. The Hall–Kier alpha value is -0.460. The number of ether oxygens (including phenoxy) is 1. The van der Waals surface area contributed by atoms with Crippen molar-refractivity contribution in [2.24, 2.45) is 10.7 Å². The number of aliphatic imine (C=N–C) groups is 1. The van der Waals surface area contributed by atoms with Gasteiger partial charge in [-0.15, -0.1) is 0 Å². The number of hydrogen-bond acceptors (Lipinski definition) is 4. The molecule has 3 aliphatic rings. The number of thioether (sulfide) groups is 1. The van der Waals surface area contributed by atoms with Crippen molar-refractivity contribution in [3.05, 3.63) is 0 Å². The maximum Gasteiger partial charge on any atom is 0.191 e. The second-order valence-electron chi connectivity index (χ2n) is 5.90. The topological polar surface area (TPSA) is 54.1 Å². The molecule has 3 heterocycles. The molecular formula is C14H26N4OS. The van der Waals surface area contributed by atoms with Crippen LogP contribution >= 0.6 is 11.8 Å². The molecule has 114 valence electrons. The lowest BCUT2D eigenvalue weighted by molar-refractivity contribution is -0.0702. The Morgan fingerprint density at radius 2 is 2.10 bits per heavy atom. The first kappa shape index (κ1) is 14.5. The minimum Gasteiger partial charge on any atom is -0.373 e. The van der Waals surface area contributed by atoms with Gasteiger partial charge in [-0.05, 0) is 19.4 Å². The molecule has 3 rings (SSSR count). The monoisotopic (exact) mass is 298 g/mol. The Labute approximate surface area is 125 Å². The van der Waals surface area contributed by atoms with E-state index < -0.39 is 0 Å². The van der Waals surface area contributed by atoms with Crippen LogP contribution in [0.1, 0.15) is 19.3 Å². The Bertz CT molecular complexity index is 346. The molecule has 3 fully saturated rings. The van der Waals surface area contributed by atoms with E-state index in [0.717, 1.165) is 37.7 Å². The SMILES string of the molecule is NC(=NCC1CN2CCCCC2CO1)N1CCSCC1.